The van der Waals surface area contributed by atoms with E-state index in [9.17, 15) is 4.79 Å². The van der Waals surface area contributed by atoms with Gasteiger partial charge in [0, 0.05) is 18.8 Å². The Kier molecular flexibility index (Phi) is 4.24. The van der Waals surface area contributed by atoms with Crippen LogP contribution in [0.3, 0.4) is 0 Å². The van der Waals surface area contributed by atoms with E-state index < -0.39 is 0 Å². The van der Waals surface area contributed by atoms with Crippen molar-refractivity contribution in [2.75, 3.05) is 18.4 Å². The number of urea groups is 1. The van der Waals surface area contributed by atoms with Crippen LogP contribution in [0.1, 0.15) is 37.8 Å². The molecule has 98 valence electrons. The lowest BCUT2D eigenvalue weighted by Crippen LogP contribution is -2.32. The first-order valence-corrected chi connectivity index (χ1v) is 6.93. The minimum absolute atomic E-state index is 0.0584. The van der Waals surface area contributed by atoms with Crippen molar-refractivity contribution < 1.29 is 4.79 Å². The quantitative estimate of drug-likeness (QED) is 0.870. The summed E-state index contributed by atoms with van der Waals surface area (Å²) >= 11 is 0. The number of aryl methyl sites for hydroxylation is 2. The number of nitrogens with one attached hydrogen (secondary N) is 1. The highest BCUT2D eigenvalue weighted by atomic mass is 16.2. The third kappa shape index (κ3) is 2.66. The first-order valence-electron chi connectivity index (χ1n) is 6.93. The number of para-hydroxylation sites is 1. The van der Waals surface area contributed by atoms with Crippen LogP contribution in [0, 0.1) is 0 Å². The van der Waals surface area contributed by atoms with Crippen LogP contribution in [-0.2, 0) is 12.8 Å². The number of carbonyl (C=O) groups is 1. The predicted octanol–water partition coefficient (Wildman–Crippen LogP) is 3.44. The number of hydrogen-bond acceptors (Lipinski definition) is 1. The van der Waals surface area contributed by atoms with Gasteiger partial charge in [-0.25, -0.2) is 4.79 Å². The molecule has 1 saturated heterocycles. The van der Waals surface area contributed by atoms with Crippen molar-refractivity contribution in [1.29, 1.82) is 0 Å². The maximum absolute atomic E-state index is 12.2. The molecule has 18 heavy (non-hydrogen) atoms. The molecule has 0 aromatic heterocycles. The number of amides is 2. The molecular weight excluding hydrogens is 224 g/mol. The molecule has 0 bridgehead atoms. The van der Waals surface area contributed by atoms with E-state index in [2.05, 4.69) is 37.4 Å². The number of benzene rings is 1. The fourth-order valence-electron chi connectivity index (χ4n) is 2.51. The van der Waals surface area contributed by atoms with Gasteiger partial charge in [0.1, 0.15) is 0 Å². The fourth-order valence-corrected chi connectivity index (χ4v) is 2.51. The van der Waals surface area contributed by atoms with Crippen LogP contribution in [0.4, 0.5) is 10.5 Å². The van der Waals surface area contributed by atoms with Crippen molar-refractivity contribution in [3.05, 3.63) is 29.3 Å². The molecule has 0 atom stereocenters. The minimum atomic E-state index is 0.0584. The smallest absolute Gasteiger partial charge is 0.321 e. The zero-order valence-electron chi connectivity index (χ0n) is 11.3. The van der Waals surface area contributed by atoms with Crippen LogP contribution >= 0.6 is 0 Å². The van der Waals surface area contributed by atoms with Gasteiger partial charge >= 0.3 is 6.03 Å². The van der Waals surface area contributed by atoms with Gasteiger partial charge in [-0.05, 0) is 36.8 Å². The van der Waals surface area contributed by atoms with Crippen LogP contribution in [-0.4, -0.2) is 24.0 Å². The summed E-state index contributed by atoms with van der Waals surface area (Å²) in [7, 11) is 0. The molecule has 1 fully saturated rings. The van der Waals surface area contributed by atoms with E-state index in [1.165, 1.54) is 11.1 Å². The van der Waals surface area contributed by atoms with Gasteiger partial charge in [-0.1, -0.05) is 32.0 Å². The minimum Gasteiger partial charge on any atom is -0.325 e. The number of rotatable bonds is 3. The zero-order valence-corrected chi connectivity index (χ0v) is 11.3. The van der Waals surface area contributed by atoms with Gasteiger partial charge in [0.15, 0.2) is 0 Å². The molecule has 1 aliphatic rings. The van der Waals surface area contributed by atoms with E-state index in [1.807, 2.05) is 4.90 Å². The average molecular weight is 246 g/mol. The van der Waals surface area contributed by atoms with Crippen LogP contribution in [0.2, 0.25) is 0 Å². The molecule has 3 heteroatoms. The van der Waals surface area contributed by atoms with E-state index in [1.54, 1.807) is 0 Å². The van der Waals surface area contributed by atoms with Crippen molar-refractivity contribution in [3.8, 4) is 0 Å². The van der Waals surface area contributed by atoms with Gasteiger partial charge in [0.2, 0.25) is 0 Å². The molecule has 1 aromatic carbocycles. The lowest BCUT2D eigenvalue weighted by molar-refractivity contribution is 0.222. The Morgan fingerprint density at radius 1 is 1.17 bits per heavy atom. The van der Waals surface area contributed by atoms with Crippen LogP contribution < -0.4 is 5.32 Å². The molecule has 0 radical (unpaired) electrons. The lowest BCUT2D eigenvalue weighted by Gasteiger charge is -2.19. The first-order chi connectivity index (χ1) is 8.76. The molecule has 1 N–H and O–H groups in total. The molecule has 1 heterocycles. The second-order valence-electron chi connectivity index (χ2n) is 4.78. The summed E-state index contributed by atoms with van der Waals surface area (Å²) in [6.07, 6.45) is 4.15. The molecule has 0 aliphatic carbocycles. The second-order valence-corrected chi connectivity index (χ2v) is 4.78. The summed E-state index contributed by atoms with van der Waals surface area (Å²) < 4.78 is 0. The van der Waals surface area contributed by atoms with Gasteiger partial charge in [-0.2, -0.15) is 0 Å². The van der Waals surface area contributed by atoms with E-state index in [0.29, 0.717) is 0 Å². The molecule has 2 amide bonds. The first kappa shape index (κ1) is 12.9. The molecule has 2 rings (SSSR count). The molecule has 1 aromatic rings. The maximum Gasteiger partial charge on any atom is 0.321 e. The summed E-state index contributed by atoms with van der Waals surface area (Å²) in [5.41, 5.74) is 3.48. The number of carbonyl (C=O) groups excluding carboxylic acids is 1. The van der Waals surface area contributed by atoms with Crippen molar-refractivity contribution in [1.82, 2.24) is 4.90 Å². The van der Waals surface area contributed by atoms with Crippen molar-refractivity contribution in [3.63, 3.8) is 0 Å². The summed E-state index contributed by atoms with van der Waals surface area (Å²) in [6, 6.07) is 6.32. The Labute approximate surface area is 109 Å². The Morgan fingerprint density at radius 3 is 2.22 bits per heavy atom. The van der Waals surface area contributed by atoms with Gasteiger partial charge in [-0.3, -0.25) is 0 Å². The Morgan fingerprint density at radius 2 is 1.72 bits per heavy atom. The molecule has 0 spiro atoms. The maximum atomic E-state index is 12.2. The standard InChI is InChI=1S/C15H22N2O/c1-3-12-8-7-9-13(4-2)14(12)16-15(18)17-10-5-6-11-17/h7-9H,3-6,10-11H2,1-2H3,(H,16,18). The Bertz CT molecular complexity index is 400. The largest absolute Gasteiger partial charge is 0.325 e. The highest BCUT2D eigenvalue weighted by Crippen LogP contribution is 2.23. The number of hydrogen-bond donors (Lipinski definition) is 1. The normalized spacial score (nSPS) is 14.9. The Hall–Kier alpha value is -1.51. The van der Waals surface area contributed by atoms with E-state index in [4.69, 9.17) is 0 Å². The lowest BCUT2D eigenvalue weighted by atomic mass is 10.0. The third-order valence-corrected chi connectivity index (χ3v) is 3.62. The van der Waals surface area contributed by atoms with Crippen LogP contribution in [0.15, 0.2) is 18.2 Å². The summed E-state index contributed by atoms with van der Waals surface area (Å²) in [6.45, 7) is 6.03. The molecule has 1 aliphatic heterocycles. The highest BCUT2D eigenvalue weighted by molar-refractivity contribution is 5.91. The second kappa shape index (κ2) is 5.89. The molecule has 3 nitrogen and oxygen atoms in total. The molecule has 0 saturated carbocycles. The Balaban J connectivity index is 2.18. The summed E-state index contributed by atoms with van der Waals surface area (Å²) in [4.78, 5) is 14.1. The van der Waals surface area contributed by atoms with Crippen molar-refractivity contribution >= 4 is 11.7 Å². The van der Waals surface area contributed by atoms with Crippen LogP contribution in [0.25, 0.3) is 0 Å². The van der Waals surface area contributed by atoms with Gasteiger partial charge in [0.25, 0.3) is 0 Å². The fraction of sp³-hybridized carbons (Fsp3) is 0.533. The summed E-state index contributed by atoms with van der Waals surface area (Å²) in [5.74, 6) is 0. The average Bonchev–Trinajstić information content (AvgIpc) is 2.93. The highest BCUT2D eigenvalue weighted by Gasteiger charge is 2.19. The van der Waals surface area contributed by atoms with Gasteiger partial charge in [-0.15, -0.1) is 0 Å². The van der Waals surface area contributed by atoms with Crippen molar-refractivity contribution in [2.45, 2.75) is 39.5 Å². The van der Waals surface area contributed by atoms with Gasteiger partial charge < -0.3 is 10.2 Å². The van der Waals surface area contributed by atoms with Crippen LogP contribution in [0.5, 0.6) is 0 Å². The SMILES string of the molecule is CCc1cccc(CC)c1NC(=O)N1CCCC1. The predicted molar refractivity (Wildman–Crippen MR) is 75.0 cm³/mol. The van der Waals surface area contributed by atoms with Crippen molar-refractivity contribution in [2.24, 2.45) is 0 Å². The monoisotopic (exact) mass is 246 g/mol. The van der Waals surface area contributed by atoms with E-state index in [0.717, 1.165) is 44.5 Å². The zero-order chi connectivity index (χ0) is 13.0. The van der Waals surface area contributed by atoms with Gasteiger partial charge in [0.05, 0.1) is 0 Å². The number of anilines is 1. The third-order valence-electron chi connectivity index (χ3n) is 3.62. The number of likely N-dealkylation sites (tertiary alicyclic amines) is 1. The molecule has 0 unspecified atom stereocenters. The van der Waals surface area contributed by atoms with E-state index in [-0.39, 0.29) is 6.03 Å². The van der Waals surface area contributed by atoms with E-state index >= 15 is 0 Å². The summed E-state index contributed by atoms with van der Waals surface area (Å²) in [5, 5.41) is 3.11. The molecular formula is C15H22N2O. The number of nitrogens with zero attached hydrogens (tertiary/aromatic N) is 1. The topological polar surface area (TPSA) is 32.3 Å².